The summed E-state index contributed by atoms with van der Waals surface area (Å²) in [6, 6.07) is 12.2. The fourth-order valence-electron chi connectivity index (χ4n) is 2.34. The maximum atomic E-state index is 5.61. The summed E-state index contributed by atoms with van der Waals surface area (Å²) in [5.74, 6) is 1.99. The summed E-state index contributed by atoms with van der Waals surface area (Å²) in [5, 5.41) is 6.58. The third kappa shape index (κ3) is 3.56. The van der Waals surface area contributed by atoms with Crippen LogP contribution >= 0.6 is 35.3 Å². The number of hydrogen-bond donors (Lipinski definition) is 1. The highest BCUT2D eigenvalue weighted by molar-refractivity contribution is 7.99. The van der Waals surface area contributed by atoms with E-state index in [9.17, 15) is 0 Å². The first kappa shape index (κ1) is 15.6. The van der Waals surface area contributed by atoms with E-state index in [1.165, 1.54) is 4.88 Å². The fourth-order valence-corrected chi connectivity index (χ4v) is 4.97. The number of thiocarbonyl (C=S) groups is 1. The molecule has 0 radical (unpaired) electrons. The average molecular weight is 351 g/mol. The second-order valence-corrected chi connectivity index (χ2v) is 7.37. The lowest BCUT2D eigenvalue weighted by Crippen LogP contribution is -2.33. The van der Waals surface area contributed by atoms with Crippen LogP contribution in [-0.2, 0) is 0 Å². The van der Waals surface area contributed by atoms with E-state index in [0.717, 1.165) is 28.8 Å². The molecule has 3 nitrogen and oxygen atoms in total. The molecule has 3 rings (SSSR count). The molecule has 1 atom stereocenters. The molecular formula is C16H18N2OS3. The minimum absolute atomic E-state index is 0.336. The molecule has 1 aromatic heterocycles. The maximum Gasteiger partial charge on any atom is 0.174 e. The molecule has 1 saturated heterocycles. The van der Waals surface area contributed by atoms with Gasteiger partial charge in [0, 0.05) is 22.9 Å². The molecule has 6 heteroatoms. The zero-order valence-electron chi connectivity index (χ0n) is 12.3. The number of thiophene rings is 1. The first-order chi connectivity index (χ1) is 10.8. The molecule has 0 bridgehead atoms. The lowest BCUT2D eigenvalue weighted by molar-refractivity contribution is 0.340. The summed E-state index contributed by atoms with van der Waals surface area (Å²) in [5.41, 5.74) is 0.996. The van der Waals surface area contributed by atoms with Crippen LogP contribution in [0.4, 0.5) is 5.69 Å². The molecule has 1 fully saturated rings. The normalized spacial score (nSPS) is 17.5. The van der Waals surface area contributed by atoms with E-state index in [0.29, 0.717) is 12.0 Å². The standard InChI is InChI=1S/C16H18N2OS3/c1-2-19-13-7-5-12(6-8-13)17-16(20)18-9-11-22-15(18)14-4-3-10-21-14/h3-8,10,15H,2,9,11H2,1H3,(H,17,20)/t15-/m1/s1. The van der Waals surface area contributed by atoms with Crippen molar-refractivity contribution in [3.8, 4) is 5.75 Å². The summed E-state index contributed by atoms with van der Waals surface area (Å²) in [6.45, 7) is 3.64. The number of nitrogens with zero attached hydrogens (tertiary/aromatic N) is 1. The van der Waals surface area contributed by atoms with E-state index in [1.807, 2.05) is 43.0 Å². The average Bonchev–Trinajstić information content (AvgIpc) is 3.20. The van der Waals surface area contributed by atoms with E-state index in [2.05, 4.69) is 27.7 Å². The van der Waals surface area contributed by atoms with Crippen molar-refractivity contribution in [3.05, 3.63) is 46.7 Å². The molecule has 22 heavy (non-hydrogen) atoms. The van der Waals surface area contributed by atoms with Gasteiger partial charge in [0.05, 0.1) is 6.61 Å². The number of benzene rings is 1. The summed E-state index contributed by atoms with van der Waals surface area (Å²) < 4.78 is 5.46. The Kier molecular flexibility index (Phi) is 5.23. The van der Waals surface area contributed by atoms with Crippen LogP contribution in [0.1, 0.15) is 17.2 Å². The first-order valence-corrected chi connectivity index (χ1v) is 9.57. The predicted molar refractivity (Wildman–Crippen MR) is 100 cm³/mol. The number of thioether (sulfide) groups is 1. The Balaban J connectivity index is 1.66. The van der Waals surface area contributed by atoms with Crippen LogP contribution in [0, 0.1) is 0 Å². The van der Waals surface area contributed by atoms with Gasteiger partial charge in [0.25, 0.3) is 0 Å². The molecule has 116 valence electrons. The zero-order chi connectivity index (χ0) is 15.4. The molecule has 1 aromatic carbocycles. The SMILES string of the molecule is CCOc1ccc(NC(=S)N2CCS[C@@H]2c2cccs2)cc1. The minimum Gasteiger partial charge on any atom is -0.494 e. The van der Waals surface area contributed by atoms with Gasteiger partial charge in [-0.3, -0.25) is 0 Å². The molecule has 0 unspecified atom stereocenters. The van der Waals surface area contributed by atoms with Crippen LogP contribution < -0.4 is 10.1 Å². The maximum absolute atomic E-state index is 5.61. The van der Waals surface area contributed by atoms with Crippen LogP contribution in [0.25, 0.3) is 0 Å². The monoisotopic (exact) mass is 350 g/mol. The van der Waals surface area contributed by atoms with Gasteiger partial charge in [-0.25, -0.2) is 0 Å². The summed E-state index contributed by atoms with van der Waals surface area (Å²) in [4.78, 5) is 3.63. The molecule has 0 saturated carbocycles. The van der Waals surface area contributed by atoms with E-state index >= 15 is 0 Å². The van der Waals surface area contributed by atoms with Gasteiger partial charge < -0.3 is 15.0 Å². The summed E-state index contributed by atoms with van der Waals surface area (Å²) in [7, 11) is 0. The van der Waals surface area contributed by atoms with E-state index in [-0.39, 0.29) is 0 Å². The van der Waals surface area contributed by atoms with Gasteiger partial charge in [-0.15, -0.1) is 23.1 Å². The Morgan fingerprint density at radius 3 is 2.86 bits per heavy atom. The Morgan fingerprint density at radius 2 is 2.18 bits per heavy atom. The van der Waals surface area contributed by atoms with E-state index in [1.54, 1.807) is 11.3 Å². The van der Waals surface area contributed by atoms with Crippen molar-refractivity contribution in [3.63, 3.8) is 0 Å². The third-order valence-corrected chi connectivity index (χ3v) is 6.01. The highest BCUT2D eigenvalue weighted by Gasteiger charge is 2.29. The van der Waals surface area contributed by atoms with Gasteiger partial charge in [-0.2, -0.15) is 0 Å². The minimum atomic E-state index is 0.336. The summed E-state index contributed by atoms with van der Waals surface area (Å²) >= 11 is 9.34. The molecule has 1 aliphatic rings. The molecule has 1 N–H and O–H groups in total. The number of rotatable bonds is 4. The van der Waals surface area contributed by atoms with E-state index in [4.69, 9.17) is 17.0 Å². The van der Waals surface area contributed by atoms with Gasteiger partial charge in [-0.1, -0.05) is 6.07 Å². The Morgan fingerprint density at radius 1 is 1.36 bits per heavy atom. The third-order valence-electron chi connectivity index (χ3n) is 3.36. The second kappa shape index (κ2) is 7.35. The smallest absolute Gasteiger partial charge is 0.174 e. The van der Waals surface area contributed by atoms with E-state index < -0.39 is 0 Å². The van der Waals surface area contributed by atoms with Crippen molar-refractivity contribution in [1.82, 2.24) is 4.90 Å². The van der Waals surface area contributed by atoms with Crippen molar-refractivity contribution in [2.75, 3.05) is 24.2 Å². The van der Waals surface area contributed by atoms with Crippen LogP contribution in [0.3, 0.4) is 0 Å². The lowest BCUT2D eigenvalue weighted by Gasteiger charge is -2.26. The molecular weight excluding hydrogens is 332 g/mol. The van der Waals surface area contributed by atoms with Gasteiger partial charge >= 0.3 is 0 Å². The number of ether oxygens (including phenoxy) is 1. The van der Waals surface area contributed by atoms with Crippen LogP contribution in [0.15, 0.2) is 41.8 Å². The highest BCUT2D eigenvalue weighted by Crippen LogP contribution is 2.40. The Bertz CT molecular complexity index is 613. The fraction of sp³-hybridized carbons (Fsp3) is 0.312. The zero-order valence-corrected chi connectivity index (χ0v) is 14.8. The Labute approximate surface area is 144 Å². The van der Waals surface area contributed by atoms with Crippen molar-refractivity contribution >= 4 is 46.1 Å². The lowest BCUT2D eigenvalue weighted by atomic mass is 10.3. The number of hydrogen-bond acceptors (Lipinski definition) is 4. The second-order valence-electron chi connectivity index (χ2n) is 4.82. The quantitative estimate of drug-likeness (QED) is 0.813. The predicted octanol–water partition coefficient (Wildman–Crippen LogP) is 4.59. The van der Waals surface area contributed by atoms with Crippen molar-refractivity contribution < 1.29 is 4.74 Å². The number of nitrogens with one attached hydrogen (secondary N) is 1. The van der Waals surface area contributed by atoms with Gasteiger partial charge in [-0.05, 0) is 54.9 Å². The van der Waals surface area contributed by atoms with Crippen molar-refractivity contribution in [2.45, 2.75) is 12.3 Å². The van der Waals surface area contributed by atoms with Gasteiger partial charge in [0.1, 0.15) is 11.1 Å². The molecule has 0 amide bonds. The molecule has 2 heterocycles. The van der Waals surface area contributed by atoms with Crippen LogP contribution in [0.2, 0.25) is 0 Å². The van der Waals surface area contributed by atoms with Crippen molar-refractivity contribution in [2.24, 2.45) is 0 Å². The van der Waals surface area contributed by atoms with Gasteiger partial charge in [0.15, 0.2) is 5.11 Å². The molecule has 2 aromatic rings. The Hall–Kier alpha value is -1.24. The largest absolute Gasteiger partial charge is 0.494 e. The highest BCUT2D eigenvalue weighted by atomic mass is 32.2. The molecule has 1 aliphatic heterocycles. The number of anilines is 1. The van der Waals surface area contributed by atoms with Gasteiger partial charge in [0.2, 0.25) is 0 Å². The van der Waals surface area contributed by atoms with Crippen molar-refractivity contribution in [1.29, 1.82) is 0 Å². The summed E-state index contributed by atoms with van der Waals surface area (Å²) in [6.07, 6.45) is 0. The molecule has 0 spiro atoms. The molecule has 0 aliphatic carbocycles. The van der Waals surface area contributed by atoms with Crippen LogP contribution in [-0.4, -0.2) is 28.9 Å². The first-order valence-electron chi connectivity index (χ1n) is 7.23. The van der Waals surface area contributed by atoms with Crippen LogP contribution in [0.5, 0.6) is 5.75 Å². The topological polar surface area (TPSA) is 24.5 Å².